The number of hydrogen-bond donors (Lipinski definition) is 0. The van der Waals surface area contributed by atoms with Gasteiger partial charge in [-0.1, -0.05) is 0 Å². The summed E-state index contributed by atoms with van der Waals surface area (Å²) in [7, 11) is 6.12. The first-order valence-corrected chi connectivity index (χ1v) is 10.5. The molecule has 174 valence electrons. The van der Waals surface area contributed by atoms with Gasteiger partial charge in [-0.3, -0.25) is 9.59 Å². The van der Waals surface area contributed by atoms with E-state index in [1.54, 1.807) is 30.2 Å². The highest BCUT2D eigenvalue weighted by Crippen LogP contribution is 2.45. The van der Waals surface area contributed by atoms with Crippen LogP contribution in [0.4, 0.5) is 0 Å². The van der Waals surface area contributed by atoms with E-state index in [0.717, 1.165) is 11.1 Å². The third kappa shape index (κ3) is 3.60. The van der Waals surface area contributed by atoms with Crippen molar-refractivity contribution in [2.24, 2.45) is 0 Å². The van der Waals surface area contributed by atoms with Crippen LogP contribution < -0.4 is 19.6 Å². The van der Waals surface area contributed by atoms with Gasteiger partial charge < -0.3 is 28.3 Å². The van der Waals surface area contributed by atoms with Crippen LogP contribution in [0.15, 0.2) is 33.5 Å². The summed E-state index contributed by atoms with van der Waals surface area (Å²) in [5.41, 5.74) is 3.05. The van der Waals surface area contributed by atoms with Crippen molar-refractivity contribution >= 4 is 16.9 Å². The summed E-state index contributed by atoms with van der Waals surface area (Å²) in [5.74, 6) is 0.962. The standard InChI is InChI=1S/C25H27NO7/c1-13-9-16-17(10-14(13)2)33-24-20(22(16)27)21(26(25(24)28)7-8-29-3)15-11-18(30-4)23(32-6)19(12-15)31-5/h9-12,21H,7-8H2,1-6H3. The molecule has 1 aliphatic rings. The Morgan fingerprint density at radius 3 is 2.12 bits per heavy atom. The largest absolute Gasteiger partial charge is 0.493 e. The third-order valence-corrected chi connectivity index (χ3v) is 6.12. The highest BCUT2D eigenvalue weighted by Gasteiger charge is 2.43. The number of hydrogen-bond acceptors (Lipinski definition) is 7. The molecule has 1 aliphatic heterocycles. The second-order valence-electron chi connectivity index (χ2n) is 7.96. The molecule has 33 heavy (non-hydrogen) atoms. The molecule has 0 aliphatic carbocycles. The summed E-state index contributed by atoms with van der Waals surface area (Å²) in [5, 5.41) is 0.440. The summed E-state index contributed by atoms with van der Waals surface area (Å²) < 4.78 is 27.7. The third-order valence-electron chi connectivity index (χ3n) is 6.12. The highest BCUT2D eigenvalue weighted by atomic mass is 16.5. The van der Waals surface area contributed by atoms with E-state index < -0.39 is 6.04 Å². The molecule has 2 aromatic carbocycles. The Balaban J connectivity index is 2.01. The molecule has 1 unspecified atom stereocenters. The normalized spacial score (nSPS) is 15.2. The second kappa shape index (κ2) is 8.78. The zero-order valence-electron chi connectivity index (χ0n) is 19.6. The molecule has 1 aromatic heterocycles. The molecule has 3 aromatic rings. The molecule has 0 bridgehead atoms. The minimum atomic E-state index is -0.696. The van der Waals surface area contributed by atoms with Crippen molar-refractivity contribution in [2.45, 2.75) is 19.9 Å². The van der Waals surface area contributed by atoms with Crippen molar-refractivity contribution in [1.29, 1.82) is 0 Å². The molecule has 1 atom stereocenters. The van der Waals surface area contributed by atoms with Gasteiger partial charge in [0.05, 0.1) is 44.9 Å². The second-order valence-corrected chi connectivity index (χ2v) is 7.96. The van der Waals surface area contributed by atoms with E-state index in [2.05, 4.69) is 0 Å². The Kier molecular flexibility index (Phi) is 6.03. The topological polar surface area (TPSA) is 87.4 Å². The zero-order chi connectivity index (χ0) is 23.9. The Morgan fingerprint density at radius 2 is 1.55 bits per heavy atom. The maximum absolute atomic E-state index is 13.7. The number of aryl methyl sites for hydroxylation is 2. The fourth-order valence-electron chi connectivity index (χ4n) is 4.30. The first-order chi connectivity index (χ1) is 15.9. The van der Waals surface area contributed by atoms with Crippen LogP contribution in [0.5, 0.6) is 17.2 Å². The monoisotopic (exact) mass is 453 g/mol. The van der Waals surface area contributed by atoms with Crippen molar-refractivity contribution in [2.75, 3.05) is 41.6 Å². The van der Waals surface area contributed by atoms with E-state index in [1.165, 1.54) is 21.3 Å². The summed E-state index contributed by atoms with van der Waals surface area (Å²) in [6, 6.07) is 6.41. The highest BCUT2D eigenvalue weighted by molar-refractivity contribution is 5.99. The Morgan fingerprint density at radius 1 is 0.909 bits per heavy atom. The maximum atomic E-state index is 13.7. The summed E-state index contributed by atoms with van der Waals surface area (Å²) in [6.45, 7) is 4.45. The van der Waals surface area contributed by atoms with Gasteiger partial charge in [0.1, 0.15) is 5.58 Å². The number of carbonyl (C=O) groups is 1. The quantitative estimate of drug-likeness (QED) is 0.540. The summed E-state index contributed by atoms with van der Waals surface area (Å²) in [4.78, 5) is 28.7. The number of methoxy groups -OCH3 is 4. The Labute approximate surface area is 191 Å². The maximum Gasteiger partial charge on any atom is 0.290 e. The predicted octanol–water partition coefficient (Wildman–Crippen LogP) is 3.63. The minimum Gasteiger partial charge on any atom is -0.493 e. The molecule has 0 spiro atoms. The molecule has 0 saturated carbocycles. The zero-order valence-corrected chi connectivity index (χ0v) is 19.6. The van der Waals surface area contributed by atoms with Crippen LogP contribution in [-0.4, -0.2) is 52.4 Å². The molecule has 8 nitrogen and oxygen atoms in total. The molecule has 4 rings (SSSR count). The van der Waals surface area contributed by atoms with Gasteiger partial charge >= 0.3 is 0 Å². The van der Waals surface area contributed by atoms with E-state index in [0.29, 0.717) is 46.0 Å². The fourth-order valence-corrected chi connectivity index (χ4v) is 4.30. The molecule has 0 radical (unpaired) electrons. The summed E-state index contributed by atoms with van der Waals surface area (Å²) in [6.07, 6.45) is 0. The summed E-state index contributed by atoms with van der Waals surface area (Å²) >= 11 is 0. The van der Waals surface area contributed by atoms with Gasteiger partial charge in [-0.2, -0.15) is 0 Å². The number of amides is 1. The lowest BCUT2D eigenvalue weighted by atomic mass is 9.96. The predicted molar refractivity (Wildman–Crippen MR) is 123 cm³/mol. The molecule has 2 heterocycles. The van der Waals surface area contributed by atoms with Gasteiger partial charge in [-0.25, -0.2) is 0 Å². The van der Waals surface area contributed by atoms with E-state index in [4.69, 9.17) is 23.4 Å². The van der Waals surface area contributed by atoms with Gasteiger partial charge in [-0.05, 0) is 54.8 Å². The van der Waals surface area contributed by atoms with E-state index in [9.17, 15) is 9.59 Å². The SMILES string of the molecule is COCCN1C(=O)c2oc3cc(C)c(C)cc3c(=O)c2C1c1cc(OC)c(OC)c(OC)c1. The Hall–Kier alpha value is -3.52. The minimum absolute atomic E-state index is 0.0469. The van der Waals surface area contributed by atoms with Gasteiger partial charge in [0.25, 0.3) is 5.91 Å². The van der Waals surface area contributed by atoms with Crippen LogP contribution in [0.1, 0.15) is 38.9 Å². The van der Waals surface area contributed by atoms with Crippen molar-refractivity contribution < 1.29 is 28.2 Å². The van der Waals surface area contributed by atoms with E-state index >= 15 is 0 Å². The van der Waals surface area contributed by atoms with Crippen LogP contribution in [0, 0.1) is 13.8 Å². The van der Waals surface area contributed by atoms with Crippen molar-refractivity contribution in [1.82, 2.24) is 4.90 Å². The van der Waals surface area contributed by atoms with Gasteiger partial charge in [-0.15, -0.1) is 0 Å². The van der Waals surface area contributed by atoms with Gasteiger partial charge in [0.2, 0.25) is 11.5 Å². The smallest absolute Gasteiger partial charge is 0.290 e. The van der Waals surface area contributed by atoms with Gasteiger partial charge in [0, 0.05) is 13.7 Å². The first-order valence-electron chi connectivity index (χ1n) is 10.5. The molecular weight excluding hydrogens is 426 g/mol. The van der Waals surface area contributed by atoms with Crippen LogP contribution in [0.25, 0.3) is 11.0 Å². The van der Waals surface area contributed by atoms with E-state index in [1.807, 2.05) is 19.9 Å². The molecule has 1 amide bonds. The van der Waals surface area contributed by atoms with Crippen molar-refractivity contribution in [3.05, 3.63) is 62.5 Å². The number of carbonyl (C=O) groups excluding carboxylic acids is 1. The average Bonchev–Trinajstić information content (AvgIpc) is 3.09. The number of nitrogens with zero attached hydrogens (tertiary/aromatic N) is 1. The molecule has 0 saturated heterocycles. The van der Waals surface area contributed by atoms with E-state index in [-0.39, 0.29) is 23.6 Å². The lowest BCUT2D eigenvalue weighted by molar-refractivity contribution is 0.0662. The molecular formula is C25H27NO7. The molecule has 0 fully saturated rings. The van der Waals surface area contributed by atoms with Crippen LogP contribution in [0.2, 0.25) is 0 Å². The number of benzene rings is 2. The van der Waals surface area contributed by atoms with Crippen LogP contribution >= 0.6 is 0 Å². The lowest BCUT2D eigenvalue weighted by Crippen LogP contribution is -2.32. The van der Waals surface area contributed by atoms with Crippen molar-refractivity contribution in [3.8, 4) is 17.2 Å². The number of rotatable bonds is 7. The molecule has 0 N–H and O–H groups in total. The number of ether oxygens (including phenoxy) is 4. The average molecular weight is 453 g/mol. The lowest BCUT2D eigenvalue weighted by Gasteiger charge is -2.26. The van der Waals surface area contributed by atoms with Crippen molar-refractivity contribution in [3.63, 3.8) is 0 Å². The van der Waals surface area contributed by atoms with Crippen LogP contribution in [-0.2, 0) is 4.74 Å². The molecule has 8 heteroatoms. The van der Waals surface area contributed by atoms with Gasteiger partial charge in [0.15, 0.2) is 16.9 Å². The van der Waals surface area contributed by atoms with Crippen LogP contribution in [0.3, 0.4) is 0 Å². The fraction of sp³-hybridized carbons (Fsp3) is 0.360. The Bertz CT molecular complexity index is 1270. The first kappa shape index (κ1) is 22.7. The number of fused-ring (bicyclic) bond motifs is 2.